The average Bonchev–Trinajstić information content (AvgIpc) is 3.24. The van der Waals surface area contributed by atoms with Gasteiger partial charge in [-0.2, -0.15) is 0 Å². The van der Waals surface area contributed by atoms with Gasteiger partial charge in [-0.05, 0) is 49.1 Å². The van der Waals surface area contributed by atoms with Gasteiger partial charge in [0.05, 0.1) is 18.4 Å². The Hall–Kier alpha value is -3.35. The van der Waals surface area contributed by atoms with E-state index in [9.17, 15) is 14.4 Å². The van der Waals surface area contributed by atoms with Crippen LogP contribution in [0.3, 0.4) is 0 Å². The fourth-order valence-corrected chi connectivity index (χ4v) is 4.11. The Morgan fingerprint density at radius 1 is 1.13 bits per heavy atom. The second kappa shape index (κ2) is 8.57. The number of fused-ring (bicyclic) bond motifs is 2. The van der Waals surface area contributed by atoms with Gasteiger partial charge in [-0.25, -0.2) is 0 Å². The van der Waals surface area contributed by atoms with Crippen LogP contribution >= 0.6 is 0 Å². The molecule has 2 aliphatic heterocycles. The number of methoxy groups -OCH3 is 1. The topological polar surface area (TPSA) is 79.0 Å². The number of hydrogen-bond donors (Lipinski definition) is 1. The zero-order chi connectivity index (χ0) is 21.1. The number of nitrogens with zero attached hydrogens (tertiary/aromatic N) is 2. The first-order chi connectivity index (χ1) is 14.6. The molecule has 0 radical (unpaired) electrons. The van der Waals surface area contributed by atoms with E-state index in [2.05, 4.69) is 5.32 Å². The Balaban J connectivity index is 1.44. The molecule has 4 rings (SSSR count). The summed E-state index contributed by atoms with van der Waals surface area (Å²) in [6.45, 7) is 0.935. The summed E-state index contributed by atoms with van der Waals surface area (Å²) in [7, 11) is 1.62. The molecule has 2 aromatic carbocycles. The van der Waals surface area contributed by atoms with E-state index in [1.54, 1.807) is 36.3 Å². The fourth-order valence-electron chi connectivity index (χ4n) is 4.11. The molecule has 1 fully saturated rings. The smallest absolute Gasteiger partial charge is 0.256 e. The molecule has 30 heavy (non-hydrogen) atoms. The minimum absolute atomic E-state index is 0.101. The van der Waals surface area contributed by atoms with Crippen molar-refractivity contribution in [2.75, 3.05) is 31.6 Å². The molecular weight excluding hydrogens is 382 g/mol. The molecule has 7 heteroatoms. The maximum Gasteiger partial charge on any atom is 0.256 e. The van der Waals surface area contributed by atoms with Crippen LogP contribution in [0, 0.1) is 0 Å². The molecule has 1 atom stereocenters. The van der Waals surface area contributed by atoms with Crippen molar-refractivity contribution in [3.05, 3.63) is 59.7 Å². The summed E-state index contributed by atoms with van der Waals surface area (Å²) >= 11 is 0. The number of para-hydroxylation sites is 1. The Kier molecular flexibility index (Phi) is 5.70. The van der Waals surface area contributed by atoms with E-state index in [1.165, 1.54) is 4.90 Å². The summed E-state index contributed by atoms with van der Waals surface area (Å²) in [5, 5.41) is 2.89. The van der Waals surface area contributed by atoms with Crippen LogP contribution in [0.1, 0.15) is 28.8 Å². The van der Waals surface area contributed by atoms with Gasteiger partial charge in [-0.3, -0.25) is 14.4 Å². The lowest BCUT2D eigenvalue weighted by atomic mass is 10.1. The van der Waals surface area contributed by atoms with E-state index in [0.717, 1.165) is 17.7 Å². The van der Waals surface area contributed by atoms with E-state index >= 15 is 0 Å². The van der Waals surface area contributed by atoms with E-state index in [4.69, 9.17) is 4.74 Å². The zero-order valence-electron chi connectivity index (χ0n) is 17.0. The van der Waals surface area contributed by atoms with Gasteiger partial charge in [-0.1, -0.05) is 24.3 Å². The standard InChI is InChI=1S/C23H25N3O4/c1-30-17-10-8-16(9-11-17)12-13-24-21(27)15-26-19-6-3-2-5-18(19)22(28)25-14-4-7-20(25)23(26)29/h2-3,5-6,8-11,20H,4,7,12-15H2,1H3,(H,24,27). The summed E-state index contributed by atoms with van der Waals surface area (Å²) in [4.78, 5) is 41.8. The number of ether oxygens (including phenoxy) is 1. The maximum atomic E-state index is 13.2. The number of rotatable bonds is 6. The molecule has 1 unspecified atom stereocenters. The number of hydrogen-bond acceptors (Lipinski definition) is 4. The highest BCUT2D eigenvalue weighted by Crippen LogP contribution is 2.32. The van der Waals surface area contributed by atoms with Gasteiger partial charge < -0.3 is 19.9 Å². The number of nitrogens with one attached hydrogen (secondary N) is 1. The lowest BCUT2D eigenvalue weighted by Crippen LogP contribution is -2.48. The first kappa shape index (κ1) is 19.9. The molecule has 0 spiro atoms. The van der Waals surface area contributed by atoms with Crippen molar-refractivity contribution in [2.45, 2.75) is 25.3 Å². The minimum Gasteiger partial charge on any atom is -0.497 e. The third-order valence-corrected chi connectivity index (χ3v) is 5.69. The van der Waals surface area contributed by atoms with Gasteiger partial charge in [0.1, 0.15) is 18.3 Å². The number of anilines is 1. The molecule has 2 aromatic rings. The van der Waals surface area contributed by atoms with Crippen molar-refractivity contribution >= 4 is 23.4 Å². The second-order valence-corrected chi connectivity index (χ2v) is 7.55. The highest BCUT2D eigenvalue weighted by Gasteiger charge is 2.42. The number of carbonyl (C=O) groups excluding carboxylic acids is 3. The molecule has 2 heterocycles. The summed E-state index contributed by atoms with van der Waals surface area (Å²) in [6, 6.07) is 14.2. The van der Waals surface area contributed by atoms with Crippen molar-refractivity contribution in [2.24, 2.45) is 0 Å². The lowest BCUT2D eigenvalue weighted by molar-refractivity contribution is -0.125. The number of carbonyl (C=O) groups is 3. The van der Waals surface area contributed by atoms with Crippen LogP contribution < -0.4 is 15.0 Å². The van der Waals surface area contributed by atoms with E-state index in [1.807, 2.05) is 24.3 Å². The highest BCUT2D eigenvalue weighted by atomic mass is 16.5. The largest absolute Gasteiger partial charge is 0.497 e. The first-order valence-corrected chi connectivity index (χ1v) is 10.2. The van der Waals surface area contributed by atoms with Crippen molar-refractivity contribution in [1.29, 1.82) is 0 Å². The normalized spacial score (nSPS) is 18.0. The minimum atomic E-state index is -0.489. The summed E-state index contributed by atoms with van der Waals surface area (Å²) in [5.41, 5.74) is 2.06. The van der Waals surface area contributed by atoms with Gasteiger partial charge in [0.2, 0.25) is 11.8 Å². The second-order valence-electron chi connectivity index (χ2n) is 7.55. The van der Waals surface area contributed by atoms with Crippen LogP contribution in [0.15, 0.2) is 48.5 Å². The van der Waals surface area contributed by atoms with E-state index < -0.39 is 6.04 Å². The predicted molar refractivity (Wildman–Crippen MR) is 113 cm³/mol. The van der Waals surface area contributed by atoms with Crippen molar-refractivity contribution in [3.63, 3.8) is 0 Å². The van der Waals surface area contributed by atoms with Gasteiger partial charge in [0.25, 0.3) is 5.91 Å². The SMILES string of the molecule is COc1ccc(CCNC(=O)CN2C(=O)C3CCCN3C(=O)c3ccccc32)cc1. The van der Waals surface area contributed by atoms with Crippen LogP contribution in [-0.4, -0.2) is 55.4 Å². The zero-order valence-corrected chi connectivity index (χ0v) is 17.0. The molecule has 7 nitrogen and oxygen atoms in total. The summed E-state index contributed by atoms with van der Waals surface area (Å²) in [5.74, 6) is 0.224. The quantitative estimate of drug-likeness (QED) is 0.795. The van der Waals surface area contributed by atoms with Crippen molar-refractivity contribution < 1.29 is 19.1 Å². The first-order valence-electron chi connectivity index (χ1n) is 10.2. The van der Waals surface area contributed by atoms with Gasteiger partial charge in [-0.15, -0.1) is 0 Å². The van der Waals surface area contributed by atoms with Crippen LogP contribution in [-0.2, 0) is 16.0 Å². The Morgan fingerprint density at radius 3 is 2.67 bits per heavy atom. The predicted octanol–water partition coefficient (Wildman–Crippen LogP) is 2.01. The molecular formula is C23H25N3O4. The molecule has 0 aliphatic carbocycles. The molecule has 0 saturated carbocycles. The van der Waals surface area contributed by atoms with Gasteiger partial charge >= 0.3 is 0 Å². The third-order valence-electron chi connectivity index (χ3n) is 5.69. The van der Waals surface area contributed by atoms with Crippen molar-refractivity contribution in [3.8, 4) is 5.75 Å². The van der Waals surface area contributed by atoms with Crippen LogP contribution in [0.25, 0.3) is 0 Å². The van der Waals surface area contributed by atoms with Gasteiger partial charge in [0.15, 0.2) is 0 Å². The van der Waals surface area contributed by atoms with Crippen LogP contribution in [0.5, 0.6) is 5.75 Å². The van der Waals surface area contributed by atoms with Crippen LogP contribution in [0.2, 0.25) is 0 Å². The third kappa shape index (κ3) is 3.87. The summed E-state index contributed by atoms with van der Waals surface area (Å²) in [6.07, 6.45) is 2.11. The fraction of sp³-hybridized carbons (Fsp3) is 0.348. The molecule has 2 aliphatic rings. The molecule has 3 amide bonds. The number of amides is 3. The maximum absolute atomic E-state index is 13.2. The lowest BCUT2D eigenvalue weighted by Gasteiger charge is -2.25. The Morgan fingerprint density at radius 2 is 1.90 bits per heavy atom. The molecule has 0 bridgehead atoms. The Bertz CT molecular complexity index is 957. The molecule has 1 N–H and O–H groups in total. The van der Waals surface area contributed by atoms with E-state index in [0.29, 0.717) is 37.2 Å². The average molecular weight is 407 g/mol. The molecule has 156 valence electrons. The van der Waals surface area contributed by atoms with E-state index in [-0.39, 0.29) is 24.3 Å². The van der Waals surface area contributed by atoms with Crippen LogP contribution in [0.4, 0.5) is 5.69 Å². The highest BCUT2D eigenvalue weighted by molar-refractivity contribution is 6.12. The summed E-state index contributed by atoms with van der Waals surface area (Å²) < 4.78 is 5.15. The van der Waals surface area contributed by atoms with Crippen molar-refractivity contribution in [1.82, 2.24) is 10.2 Å². The molecule has 0 aromatic heterocycles. The number of benzene rings is 2. The monoisotopic (exact) mass is 407 g/mol. The van der Waals surface area contributed by atoms with Gasteiger partial charge in [0, 0.05) is 13.1 Å². The molecule has 1 saturated heterocycles. The Labute approximate surface area is 175 Å².